The summed E-state index contributed by atoms with van der Waals surface area (Å²) in [5.41, 5.74) is 2.59. The summed E-state index contributed by atoms with van der Waals surface area (Å²) in [4.78, 5) is 0. The first-order chi connectivity index (χ1) is 9.02. The summed E-state index contributed by atoms with van der Waals surface area (Å²) in [6.45, 7) is 1.95. The van der Waals surface area contributed by atoms with Crippen molar-refractivity contribution in [2.45, 2.75) is 13.0 Å². The number of benzene rings is 2. The van der Waals surface area contributed by atoms with Gasteiger partial charge in [-0.2, -0.15) is 0 Å². The maximum Gasteiger partial charge on any atom is 0.119 e. The lowest BCUT2D eigenvalue weighted by Gasteiger charge is -2.15. The van der Waals surface area contributed by atoms with Gasteiger partial charge in [0.05, 0.1) is 12.1 Å². The third-order valence-electron chi connectivity index (χ3n) is 3.03. The van der Waals surface area contributed by atoms with Crippen LogP contribution in [0.15, 0.2) is 40.9 Å². The number of ether oxygens (including phenoxy) is 1. The van der Waals surface area contributed by atoms with Gasteiger partial charge in [-0.15, -0.1) is 0 Å². The lowest BCUT2D eigenvalue weighted by Crippen LogP contribution is -2.02. The van der Waals surface area contributed by atoms with E-state index in [0.717, 1.165) is 26.9 Å². The van der Waals surface area contributed by atoms with Crippen LogP contribution >= 0.6 is 27.5 Å². The molecule has 0 spiro atoms. The van der Waals surface area contributed by atoms with Crippen LogP contribution in [0.1, 0.15) is 22.8 Å². The van der Waals surface area contributed by atoms with Crippen LogP contribution in [-0.2, 0) is 0 Å². The van der Waals surface area contributed by atoms with Crippen LogP contribution in [-0.4, -0.2) is 12.2 Å². The molecule has 0 saturated carbocycles. The predicted molar refractivity (Wildman–Crippen MR) is 80.9 cm³/mol. The first-order valence-corrected chi connectivity index (χ1v) is 6.97. The molecule has 0 radical (unpaired) electrons. The standard InChI is InChI=1S/C15H14BrClO2/c1-9-7-11(19-2)4-5-12(9)15(18)10-3-6-13(16)14(17)8-10/h3-8,15,18H,1-2H3. The molecule has 1 unspecified atom stereocenters. The van der Waals surface area contributed by atoms with Crippen LogP contribution in [0.2, 0.25) is 5.02 Å². The third-order valence-corrected chi connectivity index (χ3v) is 4.26. The topological polar surface area (TPSA) is 29.5 Å². The van der Waals surface area contributed by atoms with Crippen molar-refractivity contribution in [3.63, 3.8) is 0 Å². The van der Waals surface area contributed by atoms with Gasteiger partial charge in [0, 0.05) is 4.47 Å². The zero-order valence-corrected chi connectivity index (χ0v) is 13.0. The molecule has 0 heterocycles. The average molecular weight is 342 g/mol. The van der Waals surface area contributed by atoms with E-state index in [1.54, 1.807) is 13.2 Å². The summed E-state index contributed by atoms with van der Waals surface area (Å²) >= 11 is 9.39. The zero-order chi connectivity index (χ0) is 14.0. The van der Waals surface area contributed by atoms with Gasteiger partial charge in [0.2, 0.25) is 0 Å². The normalized spacial score (nSPS) is 12.3. The highest BCUT2D eigenvalue weighted by Crippen LogP contribution is 2.31. The molecular formula is C15H14BrClO2. The monoisotopic (exact) mass is 340 g/mol. The fraction of sp³-hybridized carbons (Fsp3) is 0.200. The van der Waals surface area contributed by atoms with E-state index in [0.29, 0.717) is 5.02 Å². The number of aryl methyl sites for hydroxylation is 1. The van der Waals surface area contributed by atoms with E-state index in [9.17, 15) is 5.11 Å². The fourth-order valence-electron chi connectivity index (χ4n) is 1.94. The van der Waals surface area contributed by atoms with Crippen LogP contribution in [0.25, 0.3) is 0 Å². The molecule has 2 aromatic carbocycles. The van der Waals surface area contributed by atoms with Crippen molar-refractivity contribution in [2.75, 3.05) is 7.11 Å². The van der Waals surface area contributed by atoms with Gasteiger partial charge < -0.3 is 9.84 Å². The van der Waals surface area contributed by atoms with Gasteiger partial charge in [0.15, 0.2) is 0 Å². The number of aliphatic hydroxyl groups is 1. The minimum absolute atomic E-state index is 0.586. The van der Waals surface area contributed by atoms with Crippen LogP contribution < -0.4 is 4.74 Å². The number of rotatable bonds is 3. The lowest BCUT2D eigenvalue weighted by atomic mass is 9.97. The Morgan fingerprint density at radius 2 is 1.95 bits per heavy atom. The van der Waals surface area contributed by atoms with Crippen LogP contribution in [0.3, 0.4) is 0 Å². The molecular weight excluding hydrogens is 328 g/mol. The van der Waals surface area contributed by atoms with Gasteiger partial charge in [-0.05, 0) is 63.8 Å². The Morgan fingerprint density at radius 1 is 1.21 bits per heavy atom. The molecule has 0 saturated heterocycles. The Hall–Kier alpha value is -1.03. The van der Waals surface area contributed by atoms with E-state index in [4.69, 9.17) is 16.3 Å². The molecule has 19 heavy (non-hydrogen) atoms. The summed E-state index contributed by atoms with van der Waals surface area (Å²) < 4.78 is 5.98. The molecule has 2 nitrogen and oxygen atoms in total. The van der Waals surface area contributed by atoms with E-state index in [-0.39, 0.29) is 0 Å². The Bertz CT molecular complexity index is 599. The van der Waals surface area contributed by atoms with E-state index < -0.39 is 6.10 Å². The lowest BCUT2D eigenvalue weighted by molar-refractivity contribution is 0.219. The highest BCUT2D eigenvalue weighted by molar-refractivity contribution is 9.10. The maximum absolute atomic E-state index is 10.4. The van der Waals surface area contributed by atoms with Gasteiger partial charge in [-0.3, -0.25) is 0 Å². The van der Waals surface area contributed by atoms with Gasteiger partial charge in [-0.25, -0.2) is 0 Å². The van der Waals surface area contributed by atoms with Crippen molar-refractivity contribution < 1.29 is 9.84 Å². The highest BCUT2D eigenvalue weighted by atomic mass is 79.9. The van der Waals surface area contributed by atoms with Gasteiger partial charge in [-0.1, -0.05) is 23.7 Å². The molecule has 0 aliphatic heterocycles. The average Bonchev–Trinajstić information content (AvgIpc) is 2.41. The molecule has 0 amide bonds. The predicted octanol–water partition coefficient (Wildman–Crippen LogP) is 4.50. The molecule has 0 aliphatic carbocycles. The first-order valence-electron chi connectivity index (χ1n) is 5.80. The number of hydrogen-bond donors (Lipinski definition) is 1. The smallest absolute Gasteiger partial charge is 0.119 e. The summed E-state index contributed by atoms with van der Waals surface area (Å²) in [7, 11) is 1.62. The molecule has 2 aromatic rings. The number of aliphatic hydroxyl groups excluding tert-OH is 1. The van der Waals surface area contributed by atoms with E-state index in [2.05, 4.69) is 15.9 Å². The minimum Gasteiger partial charge on any atom is -0.497 e. The van der Waals surface area contributed by atoms with E-state index in [1.807, 2.05) is 37.3 Å². The van der Waals surface area contributed by atoms with Crippen molar-refractivity contribution in [3.8, 4) is 5.75 Å². The molecule has 0 fully saturated rings. The maximum atomic E-state index is 10.4. The van der Waals surface area contributed by atoms with Gasteiger partial charge in [0.1, 0.15) is 11.9 Å². The molecule has 2 rings (SSSR count). The fourth-order valence-corrected chi connectivity index (χ4v) is 2.38. The van der Waals surface area contributed by atoms with Crippen molar-refractivity contribution in [1.82, 2.24) is 0 Å². The number of halogens is 2. The quantitative estimate of drug-likeness (QED) is 0.890. The summed E-state index contributed by atoms with van der Waals surface area (Å²) in [5.74, 6) is 0.780. The van der Waals surface area contributed by atoms with Crippen molar-refractivity contribution in [2.24, 2.45) is 0 Å². The van der Waals surface area contributed by atoms with Gasteiger partial charge >= 0.3 is 0 Å². The molecule has 0 aromatic heterocycles. The van der Waals surface area contributed by atoms with Gasteiger partial charge in [0.25, 0.3) is 0 Å². The molecule has 100 valence electrons. The first kappa shape index (κ1) is 14.4. The zero-order valence-electron chi connectivity index (χ0n) is 10.7. The molecule has 0 aliphatic rings. The SMILES string of the molecule is COc1ccc(C(O)c2ccc(Br)c(Cl)c2)c(C)c1. The summed E-state index contributed by atoms with van der Waals surface area (Å²) in [6.07, 6.45) is -0.698. The second-order valence-electron chi connectivity index (χ2n) is 4.30. The third kappa shape index (κ3) is 3.11. The molecule has 1 atom stereocenters. The highest BCUT2D eigenvalue weighted by Gasteiger charge is 2.14. The van der Waals surface area contributed by atoms with Crippen LogP contribution in [0.5, 0.6) is 5.75 Å². The largest absolute Gasteiger partial charge is 0.497 e. The Kier molecular flexibility index (Phi) is 4.50. The van der Waals surface area contributed by atoms with Crippen molar-refractivity contribution in [3.05, 3.63) is 62.6 Å². The van der Waals surface area contributed by atoms with E-state index in [1.165, 1.54) is 0 Å². The van der Waals surface area contributed by atoms with Crippen LogP contribution in [0.4, 0.5) is 0 Å². The van der Waals surface area contributed by atoms with Crippen molar-refractivity contribution >= 4 is 27.5 Å². The summed E-state index contributed by atoms with van der Waals surface area (Å²) in [5, 5.41) is 11.0. The minimum atomic E-state index is -0.698. The van der Waals surface area contributed by atoms with Crippen molar-refractivity contribution in [1.29, 1.82) is 0 Å². The summed E-state index contributed by atoms with van der Waals surface area (Å²) in [6, 6.07) is 11.1. The second-order valence-corrected chi connectivity index (χ2v) is 5.56. The van der Waals surface area contributed by atoms with Crippen LogP contribution in [0, 0.1) is 6.92 Å². The Labute approximate surface area is 126 Å². The molecule has 1 N–H and O–H groups in total. The molecule has 0 bridgehead atoms. The Morgan fingerprint density at radius 3 is 2.53 bits per heavy atom. The number of methoxy groups -OCH3 is 1. The number of hydrogen-bond acceptors (Lipinski definition) is 2. The molecule has 4 heteroatoms. The van der Waals surface area contributed by atoms with E-state index >= 15 is 0 Å². The Balaban J connectivity index is 2.38. The second kappa shape index (κ2) is 5.95.